The standard InChI is InChI=1S/C14H10ClFN4O/c15-14-18-6-9(16)12(19-14)11-8-2-1-3-17-13(8)20-4-5-21-7-10(11)20/h1-3,6H,4-5,7H2. The molecule has 3 aromatic heterocycles. The molecular weight excluding hydrogens is 295 g/mol. The molecule has 4 rings (SSSR count). The Balaban J connectivity index is 2.10. The van der Waals surface area contributed by atoms with Crippen molar-refractivity contribution in [2.24, 2.45) is 0 Å². The van der Waals surface area contributed by atoms with E-state index >= 15 is 0 Å². The van der Waals surface area contributed by atoms with Crippen molar-refractivity contribution in [3.63, 3.8) is 0 Å². The molecule has 0 radical (unpaired) electrons. The summed E-state index contributed by atoms with van der Waals surface area (Å²) in [5, 5.41) is 0.854. The largest absolute Gasteiger partial charge is 0.373 e. The van der Waals surface area contributed by atoms with Crippen molar-refractivity contribution in [3.8, 4) is 11.3 Å². The Morgan fingerprint density at radius 3 is 3.14 bits per heavy atom. The highest BCUT2D eigenvalue weighted by Crippen LogP contribution is 2.36. The van der Waals surface area contributed by atoms with Gasteiger partial charge in [-0.3, -0.25) is 0 Å². The van der Waals surface area contributed by atoms with Gasteiger partial charge in [0.25, 0.3) is 0 Å². The van der Waals surface area contributed by atoms with Crippen molar-refractivity contribution in [2.45, 2.75) is 13.2 Å². The molecule has 0 fully saturated rings. The quantitative estimate of drug-likeness (QED) is 0.649. The molecule has 0 aliphatic carbocycles. The summed E-state index contributed by atoms with van der Waals surface area (Å²) in [6, 6.07) is 3.72. The van der Waals surface area contributed by atoms with Crippen LogP contribution in [-0.4, -0.2) is 26.1 Å². The summed E-state index contributed by atoms with van der Waals surface area (Å²) >= 11 is 5.83. The van der Waals surface area contributed by atoms with Crippen molar-refractivity contribution in [2.75, 3.05) is 6.61 Å². The first-order chi connectivity index (χ1) is 10.3. The van der Waals surface area contributed by atoms with Crippen LogP contribution in [0.15, 0.2) is 24.5 Å². The van der Waals surface area contributed by atoms with E-state index in [4.69, 9.17) is 16.3 Å². The van der Waals surface area contributed by atoms with Gasteiger partial charge in [-0.05, 0) is 23.7 Å². The third kappa shape index (κ3) is 1.91. The van der Waals surface area contributed by atoms with Gasteiger partial charge >= 0.3 is 0 Å². The van der Waals surface area contributed by atoms with E-state index in [0.717, 1.165) is 22.9 Å². The van der Waals surface area contributed by atoms with Crippen molar-refractivity contribution in [1.29, 1.82) is 0 Å². The molecule has 0 saturated heterocycles. The van der Waals surface area contributed by atoms with Crippen LogP contribution in [0.4, 0.5) is 4.39 Å². The van der Waals surface area contributed by atoms with Crippen LogP contribution in [0.25, 0.3) is 22.3 Å². The average molecular weight is 305 g/mol. The first-order valence-corrected chi connectivity index (χ1v) is 6.86. The van der Waals surface area contributed by atoms with Crippen LogP contribution in [-0.2, 0) is 17.9 Å². The summed E-state index contributed by atoms with van der Waals surface area (Å²) in [7, 11) is 0. The lowest BCUT2D eigenvalue weighted by atomic mass is 10.1. The fourth-order valence-electron chi connectivity index (χ4n) is 2.73. The summed E-state index contributed by atoms with van der Waals surface area (Å²) in [6.07, 6.45) is 2.80. The van der Waals surface area contributed by atoms with Crippen molar-refractivity contribution >= 4 is 22.6 Å². The van der Waals surface area contributed by atoms with Crippen molar-refractivity contribution in [3.05, 3.63) is 41.3 Å². The Kier molecular flexibility index (Phi) is 2.87. The lowest BCUT2D eigenvalue weighted by Gasteiger charge is -2.17. The molecular formula is C14H10ClFN4O. The van der Waals surface area contributed by atoms with Gasteiger partial charge in [0.1, 0.15) is 11.3 Å². The smallest absolute Gasteiger partial charge is 0.223 e. The molecule has 0 saturated carbocycles. The SMILES string of the molecule is Fc1cnc(Cl)nc1-c1c2n(c3ncccc13)CCOC2. The minimum atomic E-state index is -0.510. The van der Waals surface area contributed by atoms with Crippen LogP contribution in [0.3, 0.4) is 0 Å². The van der Waals surface area contributed by atoms with Gasteiger partial charge in [0, 0.05) is 23.7 Å². The summed E-state index contributed by atoms with van der Waals surface area (Å²) in [6.45, 7) is 1.69. The number of hydrogen-bond donors (Lipinski definition) is 0. The van der Waals surface area contributed by atoms with Crippen LogP contribution in [0.1, 0.15) is 5.69 Å². The van der Waals surface area contributed by atoms with Gasteiger partial charge in [-0.15, -0.1) is 0 Å². The molecule has 0 bridgehead atoms. The number of nitrogens with zero attached hydrogens (tertiary/aromatic N) is 4. The molecule has 0 spiro atoms. The van der Waals surface area contributed by atoms with Crippen molar-refractivity contribution in [1.82, 2.24) is 19.5 Å². The number of pyridine rings is 1. The Bertz CT molecular complexity index is 848. The van der Waals surface area contributed by atoms with Gasteiger partial charge in [-0.25, -0.2) is 19.3 Å². The maximum Gasteiger partial charge on any atom is 0.223 e. The lowest BCUT2D eigenvalue weighted by Crippen LogP contribution is -2.16. The molecule has 0 N–H and O–H groups in total. The zero-order valence-electron chi connectivity index (χ0n) is 10.9. The first kappa shape index (κ1) is 12.7. The average Bonchev–Trinajstić information content (AvgIpc) is 2.84. The highest BCUT2D eigenvalue weighted by molar-refractivity contribution is 6.28. The number of ether oxygens (including phenoxy) is 1. The molecule has 5 nitrogen and oxygen atoms in total. The second-order valence-corrected chi connectivity index (χ2v) is 5.07. The van der Waals surface area contributed by atoms with Gasteiger partial charge in [-0.1, -0.05) is 0 Å². The molecule has 7 heteroatoms. The minimum absolute atomic E-state index is 0.0140. The lowest BCUT2D eigenvalue weighted by molar-refractivity contribution is 0.0867. The maximum atomic E-state index is 14.2. The Morgan fingerprint density at radius 1 is 1.33 bits per heavy atom. The summed E-state index contributed by atoms with van der Waals surface area (Å²) in [5.41, 5.74) is 2.54. The molecule has 106 valence electrons. The second kappa shape index (κ2) is 4.75. The summed E-state index contributed by atoms with van der Waals surface area (Å²) in [4.78, 5) is 12.1. The van der Waals surface area contributed by atoms with Crippen LogP contribution in [0.5, 0.6) is 0 Å². The fourth-order valence-corrected chi connectivity index (χ4v) is 2.86. The number of halogens is 2. The van der Waals surface area contributed by atoms with Gasteiger partial charge in [-0.2, -0.15) is 0 Å². The van der Waals surface area contributed by atoms with E-state index in [-0.39, 0.29) is 11.0 Å². The van der Waals surface area contributed by atoms with E-state index in [1.807, 2.05) is 16.7 Å². The van der Waals surface area contributed by atoms with E-state index in [1.165, 1.54) is 0 Å². The second-order valence-electron chi connectivity index (χ2n) is 4.74. The number of rotatable bonds is 1. The van der Waals surface area contributed by atoms with E-state index in [9.17, 15) is 4.39 Å². The Labute approximate surface area is 124 Å². The molecule has 0 amide bonds. The van der Waals surface area contributed by atoms with Crippen LogP contribution in [0, 0.1) is 5.82 Å². The van der Waals surface area contributed by atoms with E-state index in [0.29, 0.717) is 25.3 Å². The van der Waals surface area contributed by atoms with Gasteiger partial charge in [0.2, 0.25) is 5.28 Å². The highest BCUT2D eigenvalue weighted by atomic mass is 35.5. The molecule has 0 unspecified atom stereocenters. The molecule has 21 heavy (non-hydrogen) atoms. The van der Waals surface area contributed by atoms with Gasteiger partial charge < -0.3 is 9.30 Å². The van der Waals surface area contributed by atoms with E-state index in [2.05, 4.69) is 15.0 Å². The first-order valence-electron chi connectivity index (χ1n) is 6.48. The molecule has 0 atom stereocenters. The Hall–Kier alpha value is -2.05. The fraction of sp³-hybridized carbons (Fsp3) is 0.214. The molecule has 3 aromatic rings. The zero-order valence-corrected chi connectivity index (χ0v) is 11.6. The molecule has 4 heterocycles. The monoisotopic (exact) mass is 304 g/mol. The third-order valence-electron chi connectivity index (χ3n) is 3.58. The maximum absolute atomic E-state index is 14.2. The molecule has 0 aromatic carbocycles. The van der Waals surface area contributed by atoms with Crippen molar-refractivity contribution < 1.29 is 9.13 Å². The normalized spacial score (nSPS) is 14.4. The molecule has 1 aliphatic heterocycles. The zero-order chi connectivity index (χ0) is 14.4. The number of fused-ring (bicyclic) bond motifs is 3. The van der Waals surface area contributed by atoms with Crippen LogP contribution < -0.4 is 0 Å². The topological polar surface area (TPSA) is 52.8 Å². The highest BCUT2D eigenvalue weighted by Gasteiger charge is 2.25. The predicted molar refractivity (Wildman–Crippen MR) is 75.4 cm³/mol. The van der Waals surface area contributed by atoms with Gasteiger partial charge in [0.05, 0.1) is 25.1 Å². The van der Waals surface area contributed by atoms with E-state index in [1.54, 1.807) is 6.20 Å². The predicted octanol–water partition coefficient (Wildman–Crippen LogP) is 2.82. The Morgan fingerprint density at radius 2 is 2.24 bits per heavy atom. The van der Waals surface area contributed by atoms with E-state index < -0.39 is 5.82 Å². The number of aromatic nitrogens is 4. The van der Waals surface area contributed by atoms with Crippen LogP contribution >= 0.6 is 11.6 Å². The minimum Gasteiger partial charge on any atom is -0.373 e. The van der Waals surface area contributed by atoms with Gasteiger partial charge in [0.15, 0.2) is 5.82 Å². The number of hydrogen-bond acceptors (Lipinski definition) is 4. The summed E-state index contributed by atoms with van der Waals surface area (Å²) in [5.74, 6) is -0.510. The third-order valence-corrected chi connectivity index (χ3v) is 3.76. The van der Waals surface area contributed by atoms with Crippen LogP contribution in [0.2, 0.25) is 5.28 Å². The summed E-state index contributed by atoms with van der Waals surface area (Å²) < 4.78 is 21.7. The molecule has 1 aliphatic rings.